The molecule has 3 aromatic carbocycles. The summed E-state index contributed by atoms with van der Waals surface area (Å²) >= 11 is 6.09. The molecule has 0 saturated carbocycles. The van der Waals surface area contributed by atoms with Gasteiger partial charge >= 0.3 is 12.3 Å². The number of amides is 1. The van der Waals surface area contributed by atoms with E-state index >= 15 is 0 Å². The Morgan fingerprint density at radius 2 is 1.54 bits per heavy atom. The number of ether oxygens (including phenoxy) is 2. The maximum atomic E-state index is 14.4. The summed E-state index contributed by atoms with van der Waals surface area (Å²) in [5, 5.41) is 2.40. The first-order chi connectivity index (χ1) is 26.1. The van der Waals surface area contributed by atoms with Crippen LogP contribution in [0.25, 0.3) is 28.3 Å². The van der Waals surface area contributed by atoms with Crippen LogP contribution in [0.1, 0.15) is 75.2 Å². The van der Waals surface area contributed by atoms with E-state index in [9.17, 15) is 31.9 Å². The molecule has 300 valence electrons. The lowest BCUT2D eigenvalue weighted by Gasteiger charge is -2.39. The number of alkyl halides is 3. The van der Waals surface area contributed by atoms with Gasteiger partial charge in [0.2, 0.25) is 0 Å². The molecule has 1 aromatic heterocycles. The number of carbonyl (C=O) groups is 3. The fraction of sp³-hybridized carbons (Fsp3) is 0.357. The molecule has 4 rings (SSSR count). The van der Waals surface area contributed by atoms with E-state index in [2.05, 4.69) is 30.8 Å². The van der Waals surface area contributed by atoms with E-state index in [4.69, 9.17) is 20.8 Å². The Hall–Kier alpha value is -4.72. The van der Waals surface area contributed by atoms with Gasteiger partial charge in [-0.2, -0.15) is 0 Å². The van der Waals surface area contributed by atoms with E-state index in [-0.39, 0.29) is 47.0 Å². The smallest absolute Gasteiger partial charge is 0.469 e. The monoisotopic (exact) mass is 814 g/mol. The summed E-state index contributed by atoms with van der Waals surface area (Å²) in [6.45, 7) is 13.9. The van der Waals surface area contributed by atoms with Crippen LogP contribution in [0, 0.1) is 5.82 Å². The van der Waals surface area contributed by atoms with Crippen LogP contribution in [-0.4, -0.2) is 50.1 Å². The van der Waals surface area contributed by atoms with Gasteiger partial charge < -0.3 is 23.8 Å². The van der Waals surface area contributed by atoms with Gasteiger partial charge in [0.05, 0.1) is 30.4 Å². The third-order valence-electron chi connectivity index (χ3n) is 9.59. The molecule has 1 atom stereocenters. The topological polar surface area (TPSA) is 95.9 Å². The van der Waals surface area contributed by atoms with Crippen molar-refractivity contribution in [2.45, 2.75) is 90.6 Å². The first-order valence-corrected chi connectivity index (χ1v) is 21.3. The zero-order valence-electron chi connectivity index (χ0n) is 32.6. The van der Waals surface area contributed by atoms with Gasteiger partial charge in [-0.15, -0.1) is 13.2 Å². The van der Waals surface area contributed by atoms with Crippen molar-refractivity contribution >= 4 is 43.7 Å². The molecule has 0 radical (unpaired) electrons. The maximum Gasteiger partial charge on any atom is 0.573 e. The van der Waals surface area contributed by atoms with Crippen LogP contribution < -0.4 is 10.1 Å². The number of allylic oxidation sites excluding steroid dienone is 1. The third kappa shape index (κ3) is 11.2. The van der Waals surface area contributed by atoms with E-state index in [1.807, 2.05) is 57.3 Å². The van der Waals surface area contributed by atoms with Crippen molar-refractivity contribution in [1.29, 1.82) is 0 Å². The summed E-state index contributed by atoms with van der Waals surface area (Å²) in [6.07, 6.45) is -2.89. The molecule has 1 heterocycles. The zero-order chi connectivity index (χ0) is 41.6. The Kier molecular flexibility index (Phi) is 14.2. The molecule has 0 bridgehead atoms. The van der Waals surface area contributed by atoms with Crippen molar-refractivity contribution in [2.75, 3.05) is 7.11 Å². The lowest BCUT2D eigenvalue weighted by atomic mass is 9.94. The van der Waals surface area contributed by atoms with Crippen LogP contribution in [0.15, 0.2) is 78.9 Å². The second kappa shape index (κ2) is 18.0. The van der Waals surface area contributed by atoms with Gasteiger partial charge in [-0.1, -0.05) is 80.9 Å². The predicted molar refractivity (Wildman–Crippen MR) is 212 cm³/mol. The first kappa shape index (κ1) is 44.0. The number of methoxy groups -OCH3 is 1. The summed E-state index contributed by atoms with van der Waals surface area (Å²) in [7, 11) is -1.13. The first-order valence-electron chi connectivity index (χ1n) is 18.0. The lowest BCUT2D eigenvalue weighted by molar-refractivity contribution is -0.274. The van der Waals surface area contributed by atoms with Crippen LogP contribution >= 0.6 is 11.6 Å². The van der Waals surface area contributed by atoms with E-state index in [0.717, 1.165) is 6.07 Å². The molecular weight excluding hydrogens is 768 g/mol. The highest BCUT2D eigenvalue weighted by atomic mass is 35.5. The second-order valence-corrected chi connectivity index (χ2v) is 20.3. The summed E-state index contributed by atoms with van der Waals surface area (Å²) in [6, 6.07) is 18.3. The molecule has 4 aromatic rings. The quantitative estimate of drug-likeness (QED) is 0.0556. The van der Waals surface area contributed by atoms with Gasteiger partial charge in [-0.25, -0.2) is 4.39 Å². The van der Waals surface area contributed by atoms with Gasteiger partial charge in [-0.05, 0) is 85.1 Å². The minimum Gasteiger partial charge on any atom is -0.469 e. The SMILES string of the molecule is COC(=O)C[C@@H](CC(=O)C=Cc1c(-c2ccc(F)cc2)c(-c2ccccc2)c(C(=O)NCc2ccc(OC(F)(F)F)c(Cl)c2)n1C(C)C)O[Si](C)(C)C(C)(C)C. The number of ketones is 1. The average Bonchev–Trinajstić information content (AvgIpc) is 3.45. The zero-order valence-corrected chi connectivity index (χ0v) is 34.4. The van der Waals surface area contributed by atoms with Gasteiger partial charge in [0, 0.05) is 30.1 Å². The number of hydrogen-bond acceptors (Lipinski definition) is 6. The highest BCUT2D eigenvalue weighted by Crippen LogP contribution is 2.43. The predicted octanol–water partition coefficient (Wildman–Crippen LogP) is 10.9. The lowest BCUT2D eigenvalue weighted by Crippen LogP contribution is -2.44. The number of carbonyl (C=O) groups excluding carboxylic acids is 3. The van der Waals surface area contributed by atoms with E-state index in [1.165, 1.54) is 37.5 Å². The van der Waals surface area contributed by atoms with E-state index in [0.29, 0.717) is 33.5 Å². The third-order valence-corrected chi connectivity index (χ3v) is 14.4. The number of aromatic nitrogens is 1. The summed E-state index contributed by atoms with van der Waals surface area (Å²) in [5.41, 5.74) is 3.41. The van der Waals surface area contributed by atoms with Crippen LogP contribution in [0.4, 0.5) is 17.6 Å². The molecule has 56 heavy (non-hydrogen) atoms. The number of esters is 1. The van der Waals surface area contributed by atoms with Crippen molar-refractivity contribution in [3.05, 3.63) is 107 Å². The number of nitrogens with one attached hydrogen (secondary N) is 1. The van der Waals surface area contributed by atoms with Crippen LogP contribution in [0.5, 0.6) is 5.75 Å². The standard InChI is InChI=1S/C42H47ClF4N2O6Si/c1-26(2)49-34(20-19-31(50)23-32(24-36(51)53-6)55-56(7,8)41(3,4)5)37(29-15-17-30(44)18-16-29)38(28-12-10-9-11-13-28)39(49)40(52)48-25-27-14-21-35(33(43)22-27)54-42(45,46)47/h9-22,26,32H,23-25H2,1-8H3,(H,48,52)/t32-/m1/s1. The average molecular weight is 815 g/mol. The minimum absolute atomic E-state index is 0.103. The number of rotatable bonds is 15. The highest BCUT2D eigenvalue weighted by Gasteiger charge is 2.40. The molecule has 0 spiro atoms. The number of hydrogen-bond donors (Lipinski definition) is 1. The van der Waals surface area contributed by atoms with Gasteiger partial charge in [0.25, 0.3) is 5.91 Å². The van der Waals surface area contributed by atoms with Gasteiger partial charge in [0.15, 0.2) is 14.1 Å². The molecule has 0 unspecified atom stereocenters. The van der Waals surface area contributed by atoms with E-state index < -0.39 is 44.2 Å². The minimum atomic E-state index is -4.93. The van der Waals surface area contributed by atoms with E-state index in [1.54, 1.807) is 22.8 Å². The molecule has 0 aliphatic carbocycles. The Bertz CT molecular complexity index is 2060. The second-order valence-electron chi connectivity index (χ2n) is 15.1. The molecule has 0 fully saturated rings. The molecule has 0 aliphatic rings. The fourth-order valence-corrected chi connectivity index (χ4v) is 7.53. The summed E-state index contributed by atoms with van der Waals surface area (Å²) < 4.78 is 70.0. The summed E-state index contributed by atoms with van der Waals surface area (Å²) in [4.78, 5) is 40.6. The summed E-state index contributed by atoms with van der Waals surface area (Å²) in [5.74, 6) is -2.41. The van der Waals surface area contributed by atoms with Crippen molar-refractivity contribution in [3.8, 4) is 28.0 Å². The molecule has 1 amide bonds. The molecule has 14 heteroatoms. The van der Waals surface area contributed by atoms with Crippen molar-refractivity contribution in [3.63, 3.8) is 0 Å². The van der Waals surface area contributed by atoms with Gasteiger partial charge in [0.1, 0.15) is 17.3 Å². The molecule has 0 saturated heterocycles. The molecule has 1 N–H and O–H groups in total. The Balaban J connectivity index is 1.84. The number of nitrogens with zero attached hydrogens (tertiary/aromatic N) is 1. The van der Waals surface area contributed by atoms with Crippen LogP contribution in [0.2, 0.25) is 23.2 Å². The Morgan fingerprint density at radius 1 is 0.911 bits per heavy atom. The number of halogens is 5. The largest absolute Gasteiger partial charge is 0.573 e. The molecule has 0 aliphatic heterocycles. The Labute approximate surface area is 330 Å². The molecular formula is C42H47ClF4N2O6Si. The number of benzene rings is 3. The van der Waals surface area contributed by atoms with Crippen LogP contribution in [-0.2, 0) is 25.3 Å². The van der Waals surface area contributed by atoms with Crippen molar-refractivity contribution < 1.29 is 45.8 Å². The van der Waals surface area contributed by atoms with Crippen molar-refractivity contribution in [1.82, 2.24) is 9.88 Å². The van der Waals surface area contributed by atoms with Crippen LogP contribution in [0.3, 0.4) is 0 Å². The highest BCUT2D eigenvalue weighted by molar-refractivity contribution is 6.74. The van der Waals surface area contributed by atoms with Crippen molar-refractivity contribution in [2.24, 2.45) is 0 Å². The fourth-order valence-electron chi connectivity index (χ4n) is 5.94. The normalized spacial score (nSPS) is 12.9. The van der Waals surface area contributed by atoms with Gasteiger partial charge in [-0.3, -0.25) is 14.4 Å². The molecule has 8 nitrogen and oxygen atoms in total. The Morgan fingerprint density at radius 3 is 2.09 bits per heavy atom. The maximum absolute atomic E-state index is 14.4.